The molecule has 2 amide bonds. The van der Waals surface area contributed by atoms with Crippen molar-refractivity contribution in [2.24, 2.45) is 0 Å². The van der Waals surface area contributed by atoms with Gasteiger partial charge in [-0.15, -0.1) is 0 Å². The molecule has 0 saturated heterocycles. The molecule has 0 radical (unpaired) electrons. The van der Waals surface area contributed by atoms with E-state index in [2.05, 4.69) is 5.32 Å². The molecule has 2 aromatic carbocycles. The fraction of sp³-hybridized carbons (Fsp3) is 0.318. The Balaban J connectivity index is 1.91. The molecule has 1 aliphatic rings. The maximum Gasteiger partial charge on any atom is 0.335 e. The second-order valence-corrected chi connectivity index (χ2v) is 7.81. The van der Waals surface area contributed by atoms with Gasteiger partial charge in [-0.3, -0.25) is 14.5 Å². The first-order chi connectivity index (χ1) is 13.5. The number of hydrogen-bond donors (Lipinski definition) is 2. The lowest BCUT2D eigenvalue weighted by Gasteiger charge is -2.38. The molecule has 0 unspecified atom stereocenters. The molecular formula is C22H24N2O5. The molecule has 1 aliphatic heterocycles. The van der Waals surface area contributed by atoms with Crippen LogP contribution in [-0.2, 0) is 9.59 Å². The molecule has 0 atom stereocenters. The van der Waals surface area contributed by atoms with Crippen molar-refractivity contribution in [1.29, 1.82) is 0 Å². The second-order valence-electron chi connectivity index (χ2n) is 7.81. The van der Waals surface area contributed by atoms with E-state index >= 15 is 0 Å². The summed E-state index contributed by atoms with van der Waals surface area (Å²) in [5.74, 6) is -1.56. The summed E-state index contributed by atoms with van der Waals surface area (Å²) in [6.45, 7) is 8.79. The van der Waals surface area contributed by atoms with Gasteiger partial charge in [-0.05, 0) is 63.9 Å². The van der Waals surface area contributed by atoms with E-state index in [1.165, 1.54) is 23.1 Å². The molecule has 3 rings (SSSR count). The molecule has 1 heterocycles. The van der Waals surface area contributed by atoms with Gasteiger partial charge < -0.3 is 15.2 Å². The van der Waals surface area contributed by atoms with Gasteiger partial charge >= 0.3 is 5.97 Å². The van der Waals surface area contributed by atoms with Crippen molar-refractivity contribution in [2.45, 2.75) is 40.2 Å². The molecule has 0 aromatic heterocycles. The van der Waals surface area contributed by atoms with Crippen LogP contribution in [0.5, 0.6) is 5.75 Å². The summed E-state index contributed by atoms with van der Waals surface area (Å²) in [4.78, 5) is 38.3. The number of anilines is 2. The highest BCUT2D eigenvalue weighted by atomic mass is 16.5. The minimum atomic E-state index is -1.22. The maximum atomic E-state index is 12.9. The number of aryl methyl sites for hydroxylation is 3. The molecule has 0 bridgehead atoms. The average Bonchev–Trinajstić information content (AvgIpc) is 2.61. The van der Waals surface area contributed by atoms with Crippen molar-refractivity contribution >= 4 is 29.2 Å². The molecule has 2 aromatic rings. The molecule has 29 heavy (non-hydrogen) atoms. The van der Waals surface area contributed by atoms with Gasteiger partial charge in [0.2, 0.25) is 5.91 Å². The summed E-state index contributed by atoms with van der Waals surface area (Å²) in [7, 11) is 0. The van der Waals surface area contributed by atoms with Gasteiger partial charge in [0, 0.05) is 5.69 Å². The number of carboxylic acids is 1. The molecule has 7 nitrogen and oxygen atoms in total. The van der Waals surface area contributed by atoms with E-state index in [0.717, 1.165) is 22.4 Å². The Labute approximate surface area is 169 Å². The smallest absolute Gasteiger partial charge is 0.335 e. The van der Waals surface area contributed by atoms with E-state index in [4.69, 9.17) is 4.74 Å². The average molecular weight is 396 g/mol. The summed E-state index contributed by atoms with van der Waals surface area (Å²) in [5.41, 5.74) is 2.90. The number of benzene rings is 2. The Morgan fingerprint density at radius 1 is 1.10 bits per heavy atom. The van der Waals surface area contributed by atoms with E-state index in [1.54, 1.807) is 13.8 Å². The predicted molar refractivity (Wildman–Crippen MR) is 110 cm³/mol. The number of amides is 2. The van der Waals surface area contributed by atoms with E-state index in [1.807, 2.05) is 32.9 Å². The van der Waals surface area contributed by atoms with E-state index in [9.17, 15) is 19.5 Å². The summed E-state index contributed by atoms with van der Waals surface area (Å²) >= 11 is 0. The number of nitrogens with zero attached hydrogens (tertiary/aromatic N) is 1. The standard InChI is InChI=1S/C22H24N2O5/c1-12-8-13(2)19(14(3)9-12)23-18(25)11-24-16-7-6-15(20(26)27)10-17(16)29-22(4,5)21(24)28/h6-10H,11H2,1-5H3,(H,23,25)(H,26,27). The third kappa shape index (κ3) is 3.94. The number of aromatic carboxylic acids is 1. The molecule has 0 spiro atoms. The van der Waals surface area contributed by atoms with Crippen LogP contribution in [0.4, 0.5) is 11.4 Å². The lowest BCUT2D eigenvalue weighted by Crippen LogP contribution is -2.54. The highest BCUT2D eigenvalue weighted by Gasteiger charge is 2.41. The Hall–Kier alpha value is -3.35. The zero-order valence-electron chi connectivity index (χ0n) is 17.1. The molecule has 0 aliphatic carbocycles. The zero-order chi connectivity index (χ0) is 21.5. The number of ether oxygens (including phenoxy) is 1. The SMILES string of the molecule is Cc1cc(C)c(NC(=O)CN2C(=O)C(C)(C)Oc3cc(C(=O)O)ccc32)c(C)c1. The van der Waals surface area contributed by atoms with Crippen LogP contribution in [0.25, 0.3) is 0 Å². The minimum absolute atomic E-state index is 0.0456. The van der Waals surface area contributed by atoms with Crippen LogP contribution in [0.3, 0.4) is 0 Å². The van der Waals surface area contributed by atoms with E-state index in [0.29, 0.717) is 5.69 Å². The van der Waals surface area contributed by atoms with Crippen molar-refractivity contribution in [2.75, 3.05) is 16.8 Å². The largest absolute Gasteiger partial charge is 0.478 e. The van der Waals surface area contributed by atoms with Crippen molar-refractivity contribution < 1.29 is 24.2 Å². The normalized spacial score (nSPS) is 14.8. The van der Waals surface area contributed by atoms with Gasteiger partial charge in [-0.1, -0.05) is 17.7 Å². The van der Waals surface area contributed by atoms with Crippen molar-refractivity contribution in [3.05, 3.63) is 52.6 Å². The van der Waals surface area contributed by atoms with Gasteiger partial charge in [0.15, 0.2) is 5.60 Å². The van der Waals surface area contributed by atoms with Crippen molar-refractivity contribution in [3.8, 4) is 5.75 Å². The van der Waals surface area contributed by atoms with Gasteiger partial charge in [0.25, 0.3) is 5.91 Å². The third-order valence-corrected chi connectivity index (χ3v) is 4.87. The molecule has 0 fully saturated rings. The Morgan fingerprint density at radius 2 is 1.72 bits per heavy atom. The summed E-state index contributed by atoms with van der Waals surface area (Å²) in [6, 6.07) is 8.20. The first kappa shape index (κ1) is 20.4. The topological polar surface area (TPSA) is 95.9 Å². The molecule has 2 N–H and O–H groups in total. The Kier molecular flexibility index (Phi) is 5.09. The van der Waals surface area contributed by atoms with Crippen LogP contribution >= 0.6 is 0 Å². The van der Waals surface area contributed by atoms with Crippen LogP contribution < -0.4 is 15.0 Å². The maximum absolute atomic E-state index is 12.9. The van der Waals surface area contributed by atoms with Crippen molar-refractivity contribution in [3.63, 3.8) is 0 Å². The highest BCUT2D eigenvalue weighted by Crippen LogP contribution is 2.38. The number of fused-ring (bicyclic) bond motifs is 1. The number of nitrogens with one attached hydrogen (secondary N) is 1. The van der Waals surface area contributed by atoms with Gasteiger partial charge in [-0.25, -0.2) is 4.79 Å². The number of carbonyl (C=O) groups is 3. The first-order valence-corrected chi connectivity index (χ1v) is 9.25. The second kappa shape index (κ2) is 7.24. The van der Waals surface area contributed by atoms with Crippen molar-refractivity contribution in [1.82, 2.24) is 0 Å². The molecular weight excluding hydrogens is 372 g/mol. The quantitative estimate of drug-likeness (QED) is 0.825. The summed E-state index contributed by atoms with van der Waals surface area (Å²) in [5, 5.41) is 12.1. The summed E-state index contributed by atoms with van der Waals surface area (Å²) < 4.78 is 5.72. The van der Waals surface area contributed by atoms with Crippen LogP contribution in [0.2, 0.25) is 0 Å². The van der Waals surface area contributed by atoms with Crippen LogP contribution in [-0.4, -0.2) is 35.0 Å². The van der Waals surface area contributed by atoms with Crippen LogP contribution in [0.15, 0.2) is 30.3 Å². The minimum Gasteiger partial charge on any atom is -0.478 e. The van der Waals surface area contributed by atoms with E-state index in [-0.39, 0.29) is 29.7 Å². The fourth-order valence-electron chi connectivity index (χ4n) is 3.56. The number of hydrogen-bond acceptors (Lipinski definition) is 4. The van der Waals surface area contributed by atoms with Gasteiger partial charge in [0.1, 0.15) is 12.3 Å². The lowest BCUT2D eigenvalue weighted by molar-refractivity contribution is -0.133. The lowest BCUT2D eigenvalue weighted by atomic mass is 10.0. The molecule has 7 heteroatoms. The van der Waals surface area contributed by atoms with Gasteiger partial charge in [-0.2, -0.15) is 0 Å². The number of carbonyl (C=O) groups excluding carboxylic acids is 2. The number of carboxylic acid groups (broad SMARTS) is 1. The Morgan fingerprint density at radius 3 is 2.31 bits per heavy atom. The Bertz CT molecular complexity index is 1000. The monoisotopic (exact) mass is 396 g/mol. The van der Waals surface area contributed by atoms with Gasteiger partial charge in [0.05, 0.1) is 11.3 Å². The highest BCUT2D eigenvalue weighted by molar-refractivity contribution is 6.08. The summed E-state index contributed by atoms with van der Waals surface area (Å²) in [6.07, 6.45) is 0. The van der Waals surface area contributed by atoms with Crippen LogP contribution in [0, 0.1) is 20.8 Å². The molecule has 152 valence electrons. The molecule has 0 saturated carbocycles. The predicted octanol–water partition coefficient (Wildman–Crippen LogP) is 3.45. The third-order valence-electron chi connectivity index (χ3n) is 4.87. The zero-order valence-corrected chi connectivity index (χ0v) is 17.1. The van der Waals surface area contributed by atoms with E-state index < -0.39 is 11.6 Å². The first-order valence-electron chi connectivity index (χ1n) is 9.25. The van der Waals surface area contributed by atoms with Crippen LogP contribution in [0.1, 0.15) is 40.9 Å². The fourth-order valence-corrected chi connectivity index (χ4v) is 3.56. The number of rotatable bonds is 4.